The molecule has 65 heavy (non-hydrogen) atoms. The summed E-state index contributed by atoms with van der Waals surface area (Å²) in [6.45, 7) is 3.59. The number of aromatic nitrogens is 2. The van der Waals surface area contributed by atoms with Gasteiger partial charge in [-0.2, -0.15) is 0 Å². The molecule has 8 rings (SSSR count). The van der Waals surface area contributed by atoms with Crippen LogP contribution in [0.3, 0.4) is 0 Å². The molecule has 4 N–H and O–H groups in total. The number of nitrogens with one attached hydrogen (secondary N) is 2. The number of carbonyl (C=O) groups excluding carboxylic acids is 3. The van der Waals surface area contributed by atoms with E-state index in [1.807, 2.05) is 19.2 Å². The van der Waals surface area contributed by atoms with E-state index in [1.165, 1.54) is 22.3 Å². The van der Waals surface area contributed by atoms with Crippen molar-refractivity contribution in [3.8, 4) is 17.1 Å². The van der Waals surface area contributed by atoms with Crippen molar-refractivity contribution in [2.24, 2.45) is 5.92 Å². The lowest BCUT2D eigenvalue weighted by Gasteiger charge is -2.30. The molecule has 4 aromatic rings. The van der Waals surface area contributed by atoms with Gasteiger partial charge in [-0.1, -0.05) is 36.6 Å². The topological polar surface area (TPSA) is 190 Å². The minimum absolute atomic E-state index is 0.0378. The van der Waals surface area contributed by atoms with Crippen LogP contribution in [0.1, 0.15) is 95.6 Å². The summed E-state index contributed by atoms with van der Waals surface area (Å²) in [5.74, 6) is -3.09. The second-order valence-corrected chi connectivity index (χ2v) is 21.9. The molecule has 14 nitrogen and oxygen atoms in total. The van der Waals surface area contributed by atoms with Gasteiger partial charge in [0.15, 0.2) is 10.9 Å². The number of hydrogen-bond donors (Lipinski definition) is 4. The highest BCUT2D eigenvalue weighted by molar-refractivity contribution is 7.59. The third kappa shape index (κ3) is 10.4. The second-order valence-electron chi connectivity index (χ2n) is 18.1. The highest BCUT2D eigenvalue weighted by atomic mass is 35.5. The van der Waals surface area contributed by atoms with Gasteiger partial charge >= 0.3 is 6.09 Å². The van der Waals surface area contributed by atoms with Gasteiger partial charge < -0.3 is 39.7 Å². The molecule has 2 saturated heterocycles. The Labute approximate surface area is 385 Å². The predicted octanol–water partition coefficient (Wildman–Crippen LogP) is 8.77. The number of fused-ring (bicyclic) bond motifs is 3. The first-order valence-electron chi connectivity index (χ1n) is 22.4. The van der Waals surface area contributed by atoms with Gasteiger partial charge in [-0.15, -0.1) is 11.3 Å². The minimum Gasteiger partial charge on any atom is -0.488 e. The van der Waals surface area contributed by atoms with Gasteiger partial charge in [0.05, 0.1) is 53.4 Å². The molecule has 2 aliphatic heterocycles. The number of carbonyl (C=O) groups is 3. The summed E-state index contributed by atoms with van der Waals surface area (Å²) in [5.41, 5.74) is 1.23. The monoisotopic (exact) mass is 957 g/mol. The minimum atomic E-state index is -4.48. The van der Waals surface area contributed by atoms with Crippen LogP contribution in [0.2, 0.25) is 5.02 Å². The summed E-state index contributed by atoms with van der Waals surface area (Å²) in [6.07, 6.45) is 2.78. The van der Waals surface area contributed by atoms with Gasteiger partial charge in [0, 0.05) is 47.9 Å². The Morgan fingerprint density at radius 3 is 2.55 bits per heavy atom. The van der Waals surface area contributed by atoms with Crippen LogP contribution in [-0.2, 0) is 36.4 Å². The van der Waals surface area contributed by atoms with Crippen LogP contribution in [0.25, 0.3) is 22.3 Å². The fourth-order valence-electron chi connectivity index (χ4n) is 9.60. The van der Waals surface area contributed by atoms with Crippen LogP contribution in [0.4, 0.5) is 18.7 Å². The number of aliphatic hydroxyl groups is 1. The average molecular weight is 958 g/mol. The third-order valence-electron chi connectivity index (χ3n) is 13.1. The molecule has 4 fully saturated rings. The Balaban J connectivity index is 1.14. The third-order valence-corrected chi connectivity index (χ3v) is 17.2. The number of thiazole rings is 1. The molecule has 2 aliphatic carbocycles. The van der Waals surface area contributed by atoms with Crippen LogP contribution >= 0.6 is 30.3 Å². The number of alkyl carbamates (subject to hydrolysis) is 1. The Bertz CT molecular complexity index is 2450. The van der Waals surface area contributed by atoms with E-state index < -0.39 is 78.3 Å². The number of amides is 2. The van der Waals surface area contributed by atoms with E-state index in [2.05, 4.69) is 10.6 Å². The number of ether oxygens (including phenoxy) is 3. The SMILES string of the molecule is CC(C)Nc1nc(-c2cc(O[C@@H]3C[C@H]4C(=O)C[C@]5(P(=O)(O)Cc6c(F)cccc6F)C[C@@H]5CCCCCOC[C@H](NC(=O)OC5CCCC5)C(=O)N4C3)c3ccc(CO)c(Cl)c3n2)cs1. The number of ketones is 1. The molecule has 2 saturated carbocycles. The summed E-state index contributed by atoms with van der Waals surface area (Å²) in [5, 5.41) is 17.8. The van der Waals surface area contributed by atoms with Gasteiger partial charge in [-0.05, 0) is 88.5 Å². The van der Waals surface area contributed by atoms with E-state index in [9.17, 15) is 37.7 Å². The molecule has 2 aromatic carbocycles. The molecule has 0 radical (unpaired) electrons. The van der Waals surface area contributed by atoms with Crippen molar-refractivity contribution in [3.63, 3.8) is 0 Å². The van der Waals surface area contributed by atoms with Crippen molar-refractivity contribution in [1.29, 1.82) is 0 Å². The maximum Gasteiger partial charge on any atom is 0.408 e. The van der Waals surface area contributed by atoms with E-state index in [4.69, 9.17) is 35.8 Å². The molecule has 350 valence electrons. The van der Waals surface area contributed by atoms with Gasteiger partial charge in [0.1, 0.15) is 41.3 Å². The van der Waals surface area contributed by atoms with E-state index >= 15 is 0 Å². The molecule has 4 heterocycles. The maximum atomic E-state index is 15.0. The van der Waals surface area contributed by atoms with Crippen molar-refractivity contribution >= 4 is 64.1 Å². The Morgan fingerprint density at radius 1 is 1.06 bits per heavy atom. The Morgan fingerprint density at radius 2 is 1.82 bits per heavy atom. The first kappa shape index (κ1) is 47.3. The van der Waals surface area contributed by atoms with E-state index in [0.717, 1.165) is 25.0 Å². The van der Waals surface area contributed by atoms with Crippen molar-refractivity contribution in [2.45, 2.75) is 133 Å². The standard InChI is InChI=1S/C46H55ClF2N5O9PS/c1-26(2)50-44-52-37(25-65-44)35-18-40(31-15-14-27(22-55)41(47)42(31)51-35)62-30-17-38-39(56)20-46(64(59,60)24-32-33(48)12-8-13-34(32)49)19-28(46)9-4-3-7-16-61-23-36(43(57)54(38)21-30)53-45(58)63-29-10-5-6-11-29/h8,12-15,18,25-26,28-30,36,38,55H,3-7,9-11,16-17,19-24H2,1-2H3,(H,50,52)(H,53,58)(H,59,60)/t28-,30+,36-,38-,46+/m0/s1. The first-order chi connectivity index (χ1) is 31.2. The normalized spacial score (nSPS) is 25.4. The maximum absolute atomic E-state index is 15.0. The van der Waals surface area contributed by atoms with Crippen LogP contribution in [0, 0.1) is 17.6 Å². The van der Waals surface area contributed by atoms with Crippen molar-refractivity contribution in [1.82, 2.24) is 20.2 Å². The first-order valence-corrected chi connectivity index (χ1v) is 25.5. The van der Waals surface area contributed by atoms with Crippen LogP contribution in [0.15, 0.2) is 41.8 Å². The number of benzene rings is 2. The number of rotatable bonds is 11. The van der Waals surface area contributed by atoms with Gasteiger partial charge in [0.2, 0.25) is 13.3 Å². The van der Waals surface area contributed by atoms with Gasteiger partial charge in [-0.3, -0.25) is 14.2 Å². The molecule has 6 atom stereocenters. The highest BCUT2D eigenvalue weighted by Gasteiger charge is 2.66. The number of hydrogen-bond acceptors (Lipinski definition) is 12. The molecule has 2 aromatic heterocycles. The fourth-order valence-corrected chi connectivity index (χ4v) is 13.4. The summed E-state index contributed by atoms with van der Waals surface area (Å²) in [7, 11) is -4.48. The molecule has 2 amide bonds. The number of halogens is 3. The number of nitrogens with zero attached hydrogens (tertiary/aromatic N) is 3. The summed E-state index contributed by atoms with van der Waals surface area (Å²) >= 11 is 8.22. The smallest absolute Gasteiger partial charge is 0.408 e. The molecule has 19 heteroatoms. The van der Waals surface area contributed by atoms with Crippen LogP contribution in [-0.4, -0.2) is 97.9 Å². The number of pyridine rings is 1. The molecule has 0 spiro atoms. The molecule has 4 aliphatic rings. The quantitative estimate of drug-likeness (QED) is 0.105. The lowest BCUT2D eigenvalue weighted by Crippen LogP contribution is -2.54. The van der Waals surface area contributed by atoms with Crippen molar-refractivity contribution < 1.29 is 51.9 Å². The summed E-state index contributed by atoms with van der Waals surface area (Å²) < 4.78 is 62.9. The molecular weight excluding hydrogens is 903 g/mol. The Kier molecular flexibility index (Phi) is 14.5. The van der Waals surface area contributed by atoms with Gasteiger partial charge in [0.25, 0.3) is 0 Å². The van der Waals surface area contributed by atoms with E-state index in [0.29, 0.717) is 77.3 Å². The largest absolute Gasteiger partial charge is 0.488 e. The average Bonchev–Trinajstić information content (AvgIpc) is 3.68. The lowest BCUT2D eigenvalue weighted by atomic mass is 10.0. The second kappa shape index (κ2) is 19.9. The van der Waals surface area contributed by atoms with Crippen molar-refractivity contribution in [2.75, 3.05) is 25.1 Å². The van der Waals surface area contributed by atoms with E-state index in [1.54, 1.807) is 18.2 Å². The summed E-state index contributed by atoms with van der Waals surface area (Å²) in [4.78, 5) is 65.8. The van der Waals surface area contributed by atoms with Crippen molar-refractivity contribution in [3.05, 3.63) is 69.6 Å². The predicted molar refractivity (Wildman–Crippen MR) is 242 cm³/mol. The number of anilines is 1. The number of Topliss-reactive ketones (excluding diaryl/α,β-unsaturated/α-hetero) is 1. The summed E-state index contributed by atoms with van der Waals surface area (Å²) in [6, 6.07) is 6.03. The fraction of sp³-hybridized carbons (Fsp3) is 0.543. The highest BCUT2D eigenvalue weighted by Crippen LogP contribution is 2.75. The zero-order chi connectivity index (χ0) is 46.0. The van der Waals surface area contributed by atoms with Crippen LogP contribution < -0.4 is 15.4 Å². The lowest BCUT2D eigenvalue weighted by molar-refractivity contribution is -0.140. The Hall–Kier alpha value is -4.25. The molecular formula is C46H55ClF2N5O9PS. The molecule has 0 bridgehead atoms. The van der Waals surface area contributed by atoms with E-state index in [-0.39, 0.29) is 62.3 Å². The van der Waals surface area contributed by atoms with Crippen LogP contribution in [0.5, 0.6) is 5.75 Å². The number of aliphatic hydroxyl groups excluding tert-OH is 1. The van der Waals surface area contributed by atoms with Gasteiger partial charge in [-0.25, -0.2) is 23.5 Å². The zero-order valence-corrected chi connectivity index (χ0v) is 38.9. The molecule has 1 unspecified atom stereocenters. The zero-order valence-electron chi connectivity index (χ0n) is 36.4.